The summed E-state index contributed by atoms with van der Waals surface area (Å²) in [7, 11) is 0. The Kier molecular flexibility index (Phi) is 4.24. The first kappa shape index (κ1) is 12.2. The van der Waals surface area contributed by atoms with E-state index in [-0.39, 0.29) is 0 Å². The molecule has 1 aromatic heterocycles. The van der Waals surface area contributed by atoms with E-state index in [0.717, 1.165) is 10.0 Å². The largest absolute Gasteiger partial charge is 0.387 e. The molecule has 0 aliphatic rings. The maximum absolute atomic E-state index is 9.93. The van der Waals surface area contributed by atoms with Crippen LogP contribution >= 0.6 is 15.9 Å². The van der Waals surface area contributed by atoms with Crippen molar-refractivity contribution in [3.8, 4) is 0 Å². The zero-order chi connectivity index (χ0) is 12.1. The predicted molar refractivity (Wildman–Crippen MR) is 65.1 cm³/mol. The van der Waals surface area contributed by atoms with E-state index in [0.29, 0.717) is 18.9 Å². The summed E-state index contributed by atoms with van der Waals surface area (Å²) >= 11 is 3.37. The second kappa shape index (κ2) is 5.90. The van der Waals surface area contributed by atoms with E-state index >= 15 is 0 Å². The molecule has 0 bridgehead atoms. The Hall–Kier alpha value is -1.24. The van der Waals surface area contributed by atoms with Gasteiger partial charge in [-0.15, -0.1) is 0 Å². The lowest BCUT2D eigenvalue weighted by Gasteiger charge is -2.11. The van der Waals surface area contributed by atoms with Gasteiger partial charge in [-0.1, -0.05) is 33.2 Å². The van der Waals surface area contributed by atoms with Gasteiger partial charge in [-0.3, -0.25) is 0 Å². The van der Waals surface area contributed by atoms with Crippen LogP contribution < -0.4 is 5.32 Å². The lowest BCUT2D eigenvalue weighted by atomic mass is 10.1. The molecule has 1 atom stereocenters. The molecular formula is C11H12BrN3O2. The molecule has 1 aromatic carbocycles. The molecule has 0 saturated carbocycles. The summed E-state index contributed by atoms with van der Waals surface area (Å²) in [5.41, 5.74) is 0.861. The second-order valence-corrected chi connectivity index (χ2v) is 4.46. The first-order valence-electron chi connectivity index (χ1n) is 5.15. The van der Waals surface area contributed by atoms with E-state index in [1.54, 1.807) is 0 Å². The third-order valence-corrected chi connectivity index (χ3v) is 2.75. The molecular weight excluding hydrogens is 286 g/mol. The van der Waals surface area contributed by atoms with E-state index in [1.165, 1.54) is 6.39 Å². The van der Waals surface area contributed by atoms with Crippen molar-refractivity contribution in [3.05, 3.63) is 46.5 Å². The number of hydrogen-bond acceptors (Lipinski definition) is 5. The number of rotatable bonds is 5. The minimum atomic E-state index is -0.556. The SMILES string of the molecule is OC(CNCc1ncon1)c1cccc(Br)c1. The molecule has 90 valence electrons. The van der Waals surface area contributed by atoms with Gasteiger partial charge in [0, 0.05) is 11.0 Å². The molecule has 5 nitrogen and oxygen atoms in total. The molecule has 2 rings (SSSR count). The topological polar surface area (TPSA) is 71.2 Å². The summed E-state index contributed by atoms with van der Waals surface area (Å²) in [6, 6.07) is 7.58. The number of aromatic nitrogens is 2. The number of aliphatic hydroxyl groups excluding tert-OH is 1. The van der Waals surface area contributed by atoms with Gasteiger partial charge in [0.05, 0.1) is 12.6 Å². The fraction of sp³-hybridized carbons (Fsp3) is 0.273. The highest BCUT2D eigenvalue weighted by molar-refractivity contribution is 9.10. The summed E-state index contributed by atoms with van der Waals surface area (Å²) < 4.78 is 5.55. The van der Waals surface area contributed by atoms with E-state index < -0.39 is 6.10 Å². The average Bonchev–Trinajstić information content (AvgIpc) is 2.82. The molecule has 0 spiro atoms. The maximum Gasteiger partial charge on any atom is 0.213 e. The molecule has 0 aliphatic carbocycles. The zero-order valence-electron chi connectivity index (χ0n) is 9.01. The molecule has 1 heterocycles. The second-order valence-electron chi connectivity index (χ2n) is 3.55. The molecule has 0 saturated heterocycles. The number of hydrogen-bond donors (Lipinski definition) is 2. The van der Waals surface area contributed by atoms with Crippen LogP contribution in [-0.2, 0) is 6.54 Å². The van der Waals surface area contributed by atoms with Crippen molar-refractivity contribution in [2.75, 3.05) is 6.54 Å². The summed E-state index contributed by atoms with van der Waals surface area (Å²) in [6.07, 6.45) is 0.723. The lowest BCUT2D eigenvalue weighted by Crippen LogP contribution is -2.21. The van der Waals surface area contributed by atoms with Crippen LogP contribution in [0.3, 0.4) is 0 Å². The van der Waals surface area contributed by atoms with Crippen LogP contribution in [0, 0.1) is 0 Å². The normalized spacial score (nSPS) is 12.6. The van der Waals surface area contributed by atoms with Crippen molar-refractivity contribution in [2.45, 2.75) is 12.6 Å². The molecule has 0 fully saturated rings. The van der Waals surface area contributed by atoms with Crippen LogP contribution in [0.4, 0.5) is 0 Å². The van der Waals surface area contributed by atoms with Crippen LogP contribution in [-0.4, -0.2) is 21.8 Å². The number of aliphatic hydroxyl groups is 1. The van der Waals surface area contributed by atoms with Crippen LogP contribution in [0.15, 0.2) is 39.7 Å². The van der Waals surface area contributed by atoms with Crippen LogP contribution in [0.5, 0.6) is 0 Å². The quantitative estimate of drug-likeness (QED) is 0.878. The summed E-state index contributed by atoms with van der Waals surface area (Å²) in [6.45, 7) is 0.909. The Balaban J connectivity index is 1.83. The summed E-state index contributed by atoms with van der Waals surface area (Å²) in [5, 5.41) is 16.6. The van der Waals surface area contributed by atoms with Gasteiger partial charge in [0.1, 0.15) is 0 Å². The Bertz CT molecular complexity index is 461. The number of nitrogens with one attached hydrogen (secondary N) is 1. The Morgan fingerprint density at radius 2 is 2.35 bits per heavy atom. The molecule has 2 N–H and O–H groups in total. The van der Waals surface area contributed by atoms with E-state index in [4.69, 9.17) is 0 Å². The van der Waals surface area contributed by atoms with Crippen molar-refractivity contribution in [2.24, 2.45) is 0 Å². The van der Waals surface area contributed by atoms with Gasteiger partial charge in [0.2, 0.25) is 6.39 Å². The van der Waals surface area contributed by atoms with Crippen molar-refractivity contribution in [1.29, 1.82) is 0 Å². The average molecular weight is 298 g/mol. The molecule has 0 aliphatic heterocycles. The monoisotopic (exact) mass is 297 g/mol. The standard InChI is InChI=1S/C11H12BrN3O2/c12-9-3-1-2-8(4-9)10(16)5-13-6-11-14-7-17-15-11/h1-4,7,10,13,16H,5-6H2. The third kappa shape index (κ3) is 3.62. The molecule has 0 amide bonds. The molecule has 2 aromatic rings. The predicted octanol–water partition coefficient (Wildman–Crippen LogP) is 1.66. The van der Waals surface area contributed by atoms with E-state index in [1.807, 2.05) is 24.3 Å². The smallest absolute Gasteiger partial charge is 0.213 e. The van der Waals surface area contributed by atoms with Crippen molar-refractivity contribution >= 4 is 15.9 Å². The third-order valence-electron chi connectivity index (χ3n) is 2.26. The first-order valence-corrected chi connectivity index (χ1v) is 5.94. The minimum absolute atomic E-state index is 0.436. The van der Waals surface area contributed by atoms with Crippen molar-refractivity contribution in [1.82, 2.24) is 15.5 Å². The number of nitrogens with zero attached hydrogens (tertiary/aromatic N) is 2. The Morgan fingerprint density at radius 1 is 1.47 bits per heavy atom. The highest BCUT2D eigenvalue weighted by Crippen LogP contribution is 2.17. The van der Waals surface area contributed by atoms with E-state index in [2.05, 4.69) is 35.9 Å². The van der Waals surface area contributed by atoms with Gasteiger partial charge in [0.25, 0.3) is 0 Å². The van der Waals surface area contributed by atoms with Crippen molar-refractivity contribution in [3.63, 3.8) is 0 Å². The highest BCUT2D eigenvalue weighted by Gasteiger charge is 2.07. The molecule has 17 heavy (non-hydrogen) atoms. The van der Waals surface area contributed by atoms with E-state index in [9.17, 15) is 5.11 Å². The fourth-order valence-electron chi connectivity index (χ4n) is 1.42. The first-order chi connectivity index (χ1) is 8.25. The Labute approximate surface area is 107 Å². The van der Waals surface area contributed by atoms with Gasteiger partial charge in [-0.05, 0) is 17.7 Å². The highest BCUT2D eigenvalue weighted by atomic mass is 79.9. The van der Waals surface area contributed by atoms with Crippen LogP contribution in [0.2, 0.25) is 0 Å². The number of benzene rings is 1. The van der Waals surface area contributed by atoms with Gasteiger partial charge in [-0.2, -0.15) is 4.98 Å². The van der Waals surface area contributed by atoms with Gasteiger partial charge in [0.15, 0.2) is 5.82 Å². The lowest BCUT2D eigenvalue weighted by molar-refractivity contribution is 0.174. The zero-order valence-corrected chi connectivity index (χ0v) is 10.6. The molecule has 1 unspecified atom stereocenters. The van der Waals surface area contributed by atoms with Crippen LogP contribution in [0.25, 0.3) is 0 Å². The Morgan fingerprint density at radius 3 is 3.06 bits per heavy atom. The molecule has 6 heteroatoms. The molecule has 0 radical (unpaired) electrons. The summed E-state index contributed by atoms with van der Waals surface area (Å²) in [5.74, 6) is 0.575. The van der Waals surface area contributed by atoms with Crippen LogP contribution in [0.1, 0.15) is 17.5 Å². The van der Waals surface area contributed by atoms with Gasteiger partial charge < -0.3 is 14.9 Å². The minimum Gasteiger partial charge on any atom is -0.387 e. The van der Waals surface area contributed by atoms with Gasteiger partial charge >= 0.3 is 0 Å². The fourth-order valence-corrected chi connectivity index (χ4v) is 1.84. The maximum atomic E-state index is 9.93. The van der Waals surface area contributed by atoms with Crippen molar-refractivity contribution < 1.29 is 9.63 Å². The van der Waals surface area contributed by atoms with Gasteiger partial charge in [-0.25, -0.2) is 0 Å². The summed E-state index contributed by atoms with van der Waals surface area (Å²) in [4.78, 5) is 3.87. The number of halogens is 1.